The molecule has 0 unspecified atom stereocenters. The number of amides is 1. The van der Waals surface area contributed by atoms with Crippen LogP contribution in [0.15, 0.2) is 60.7 Å². The van der Waals surface area contributed by atoms with Crippen LogP contribution in [0.5, 0.6) is 5.75 Å². The molecule has 0 saturated heterocycles. The Balaban J connectivity index is 1.43. The minimum atomic E-state index is -0.0811. The van der Waals surface area contributed by atoms with Crippen molar-refractivity contribution in [1.29, 1.82) is 0 Å². The van der Waals surface area contributed by atoms with Gasteiger partial charge in [0.15, 0.2) is 0 Å². The second-order valence-corrected chi connectivity index (χ2v) is 6.07. The number of nitrogens with one attached hydrogen (secondary N) is 1. The normalized spacial score (nSPS) is 10.3. The van der Waals surface area contributed by atoms with Crippen LogP contribution >= 0.6 is 11.3 Å². The number of carbonyl (C=O) groups excluding carboxylic acids is 1. The molecule has 5 nitrogen and oxygen atoms in total. The van der Waals surface area contributed by atoms with Gasteiger partial charge >= 0.3 is 0 Å². The maximum Gasteiger partial charge on any atom is 0.226 e. The molecule has 0 aliphatic carbocycles. The van der Waals surface area contributed by atoms with E-state index >= 15 is 0 Å². The summed E-state index contributed by atoms with van der Waals surface area (Å²) in [5.74, 6) is 0.733. The second-order valence-electron chi connectivity index (χ2n) is 5.09. The first kappa shape index (κ1) is 16.1. The fraction of sp³-hybridized carbons (Fsp3) is 0.167. The molecule has 3 rings (SSSR count). The molecule has 0 aliphatic rings. The number of benzene rings is 2. The molecule has 1 amide bonds. The zero-order chi connectivity index (χ0) is 16.6. The van der Waals surface area contributed by atoms with Crippen molar-refractivity contribution in [2.75, 3.05) is 11.9 Å². The number of hydrogen-bond acceptors (Lipinski definition) is 5. The van der Waals surface area contributed by atoms with Gasteiger partial charge in [0.2, 0.25) is 11.0 Å². The lowest BCUT2D eigenvalue weighted by atomic mass is 10.2. The zero-order valence-electron chi connectivity index (χ0n) is 13.0. The minimum absolute atomic E-state index is 0.0811. The van der Waals surface area contributed by atoms with Gasteiger partial charge in [0.05, 0.1) is 6.61 Å². The summed E-state index contributed by atoms with van der Waals surface area (Å²) in [7, 11) is 0. The average molecular weight is 339 g/mol. The first-order valence-electron chi connectivity index (χ1n) is 7.68. The van der Waals surface area contributed by atoms with Crippen molar-refractivity contribution in [3.05, 3.63) is 60.7 Å². The van der Waals surface area contributed by atoms with Crippen LogP contribution in [0, 0.1) is 0 Å². The van der Waals surface area contributed by atoms with E-state index in [1.54, 1.807) is 0 Å². The van der Waals surface area contributed by atoms with Gasteiger partial charge in [-0.3, -0.25) is 4.79 Å². The number of rotatable bonds is 7. The summed E-state index contributed by atoms with van der Waals surface area (Å²) in [4.78, 5) is 11.9. The topological polar surface area (TPSA) is 64.1 Å². The van der Waals surface area contributed by atoms with Crippen LogP contribution in [0.2, 0.25) is 0 Å². The van der Waals surface area contributed by atoms with Crippen molar-refractivity contribution in [2.24, 2.45) is 0 Å². The summed E-state index contributed by atoms with van der Waals surface area (Å²) < 4.78 is 5.56. The molecule has 0 bridgehead atoms. The molecule has 122 valence electrons. The summed E-state index contributed by atoms with van der Waals surface area (Å²) in [6.45, 7) is 0.503. The van der Waals surface area contributed by atoms with Crippen LogP contribution in [0.4, 0.5) is 5.13 Å². The maximum atomic E-state index is 11.9. The van der Waals surface area contributed by atoms with Gasteiger partial charge in [-0.15, -0.1) is 10.2 Å². The van der Waals surface area contributed by atoms with Crippen LogP contribution in [-0.2, 0) is 4.79 Å². The molecule has 1 heterocycles. The number of hydrogen-bond donors (Lipinski definition) is 1. The molecule has 6 heteroatoms. The second kappa shape index (κ2) is 8.21. The van der Waals surface area contributed by atoms with Gasteiger partial charge in [-0.2, -0.15) is 0 Å². The molecule has 2 aromatic carbocycles. The predicted octanol–water partition coefficient (Wildman–Crippen LogP) is 4.00. The van der Waals surface area contributed by atoms with Crippen molar-refractivity contribution in [2.45, 2.75) is 12.8 Å². The minimum Gasteiger partial charge on any atom is -0.494 e. The van der Waals surface area contributed by atoms with Crippen molar-refractivity contribution in [3.8, 4) is 16.3 Å². The van der Waals surface area contributed by atoms with Crippen LogP contribution in [0.3, 0.4) is 0 Å². The van der Waals surface area contributed by atoms with E-state index in [1.165, 1.54) is 11.3 Å². The molecule has 0 atom stereocenters. The van der Waals surface area contributed by atoms with E-state index in [-0.39, 0.29) is 5.91 Å². The third-order valence-electron chi connectivity index (χ3n) is 3.25. The van der Waals surface area contributed by atoms with E-state index in [0.717, 1.165) is 16.3 Å². The van der Waals surface area contributed by atoms with Gasteiger partial charge in [-0.05, 0) is 18.6 Å². The van der Waals surface area contributed by atoms with Gasteiger partial charge in [-0.25, -0.2) is 0 Å². The number of aromatic nitrogens is 2. The Kier molecular flexibility index (Phi) is 5.52. The molecule has 24 heavy (non-hydrogen) atoms. The third-order valence-corrected chi connectivity index (χ3v) is 4.14. The lowest BCUT2D eigenvalue weighted by Gasteiger charge is -2.05. The monoisotopic (exact) mass is 339 g/mol. The molecular weight excluding hydrogens is 322 g/mol. The van der Waals surface area contributed by atoms with Gasteiger partial charge in [0, 0.05) is 12.0 Å². The van der Waals surface area contributed by atoms with Crippen molar-refractivity contribution >= 4 is 22.4 Å². The summed E-state index contributed by atoms with van der Waals surface area (Å²) in [6.07, 6.45) is 1.03. The fourth-order valence-corrected chi connectivity index (χ4v) is 2.86. The van der Waals surface area contributed by atoms with E-state index in [9.17, 15) is 4.79 Å². The van der Waals surface area contributed by atoms with Gasteiger partial charge < -0.3 is 10.1 Å². The Labute approximate surface area is 144 Å². The fourth-order valence-electron chi connectivity index (χ4n) is 2.09. The van der Waals surface area contributed by atoms with E-state index in [1.807, 2.05) is 60.7 Å². The van der Waals surface area contributed by atoms with Crippen molar-refractivity contribution in [3.63, 3.8) is 0 Å². The molecule has 1 aromatic heterocycles. The lowest BCUT2D eigenvalue weighted by molar-refractivity contribution is -0.116. The summed E-state index contributed by atoms with van der Waals surface area (Å²) >= 11 is 1.36. The van der Waals surface area contributed by atoms with Crippen LogP contribution < -0.4 is 10.1 Å². The third kappa shape index (κ3) is 4.63. The number of carbonyl (C=O) groups is 1. The Morgan fingerprint density at radius 1 is 1.00 bits per heavy atom. The summed E-state index contributed by atoms with van der Waals surface area (Å²) in [5, 5.41) is 12.2. The molecule has 0 radical (unpaired) electrons. The molecule has 0 saturated carbocycles. The highest BCUT2D eigenvalue weighted by molar-refractivity contribution is 7.18. The van der Waals surface area contributed by atoms with Gasteiger partial charge in [0.25, 0.3) is 0 Å². The molecule has 3 aromatic rings. The Morgan fingerprint density at radius 3 is 2.46 bits per heavy atom. The quantitative estimate of drug-likeness (QED) is 0.661. The molecule has 0 fully saturated rings. The number of para-hydroxylation sites is 1. The standard InChI is InChI=1S/C18H17N3O2S/c22-16(12-7-13-23-15-10-5-2-6-11-15)19-18-21-20-17(24-18)14-8-3-1-4-9-14/h1-6,8-11H,7,12-13H2,(H,19,21,22). The van der Waals surface area contributed by atoms with E-state index in [0.29, 0.717) is 24.6 Å². The van der Waals surface area contributed by atoms with E-state index < -0.39 is 0 Å². The highest BCUT2D eigenvalue weighted by Gasteiger charge is 2.09. The predicted molar refractivity (Wildman–Crippen MR) is 95.1 cm³/mol. The number of nitrogens with zero attached hydrogens (tertiary/aromatic N) is 2. The Hall–Kier alpha value is -2.73. The van der Waals surface area contributed by atoms with E-state index in [2.05, 4.69) is 15.5 Å². The Morgan fingerprint density at radius 2 is 1.71 bits per heavy atom. The van der Waals surface area contributed by atoms with Gasteiger partial charge in [-0.1, -0.05) is 59.9 Å². The van der Waals surface area contributed by atoms with Crippen LogP contribution in [0.25, 0.3) is 10.6 Å². The first-order valence-corrected chi connectivity index (χ1v) is 8.49. The number of anilines is 1. The highest BCUT2D eigenvalue weighted by Crippen LogP contribution is 2.25. The first-order chi connectivity index (χ1) is 11.8. The largest absolute Gasteiger partial charge is 0.494 e. The van der Waals surface area contributed by atoms with Crippen LogP contribution in [0.1, 0.15) is 12.8 Å². The molecule has 0 aliphatic heterocycles. The van der Waals surface area contributed by atoms with E-state index in [4.69, 9.17) is 4.74 Å². The average Bonchev–Trinajstić information content (AvgIpc) is 3.09. The molecule has 1 N–H and O–H groups in total. The molecule has 0 spiro atoms. The lowest BCUT2D eigenvalue weighted by Crippen LogP contribution is -2.12. The smallest absolute Gasteiger partial charge is 0.226 e. The number of ether oxygens (including phenoxy) is 1. The molecular formula is C18H17N3O2S. The van der Waals surface area contributed by atoms with Crippen molar-refractivity contribution in [1.82, 2.24) is 10.2 Å². The zero-order valence-corrected chi connectivity index (χ0v) is 13.8. The van der Waals surface area contributed by atoms with Crippen LogP contribution in [-0.4, -0.2) is 22.7 Å². The SMILES string of the molecule is O=C(CCCOc1ccccc1)Nc1nnc(-c2ccccc2)s1. The maximum absolute atomic E-state index is 11.9. The van der Waals surface area contributed by atoms with Crippen molar-refractivity contribution < 1.29 is 9.53 Å². The Bertz CT molecular complexity index is 775. The summed E-state index contributed by atoms with van der Waals surface area (Å²) in [5.41, 5.74) is 0.992. The highest BCUT2D eigenvalue weighted by atomic mass is 32.1. The van der Waals surface area contributed by atoms with Gasteiger partial charge in [0.1, 0.15) is 10.8 Å². The summed E-state index contributed by atoms with van der Waals surface area (Å²) in [6, 6.07) is 19.3.